The summed E-state index contributed by atoms with van der Waals surface area (Å²) in [6.45, 7) is 2.10. The topological polar surface area (TPSA) is 43.8 Å². The van der Waals surface area contributed by atoms with E-state index in [0.717, 1.165) is 33.8 Å². The van der Waals surface area contributed by atoms with E-state index in [2.05, 4.69) is 41.8 Å². The molecule has 2 N–H and O–H groups in total. The summed E-state index contributed by atoms with van der Waals surface area (Å²) in [7, 11) is 0. The number of imidazole rings is 1. The number of aromatic nitrogens is 2. The highest BCUT2D eigenvalue weighted by atomic mass is 15.1. The highest BCUT2D eigenvalue weighted by Crippen LogP contribution is 2.29. The van der Waals surface area contributed by atoms with Crippen molar-refractivity contribution in [3.63, 3.8) is 0 Å². The summed E-state index contributed by atoms with van der Waals surface area (Å²) in [5, 5.41) is 0. The average Bonchev–Trinajstić information content (AvgIpc) is 2.94. The fourth-order valence-electron chi connectivity index (χ4n) is 2.93. The predicted octanol–water partition coefficient (Wildman–Crippen LogP) is 4.58. The van der Waals surface area contributed by atoms with Crippen LogP contribution in [0, 0.1) is 6.92 Å². The van der Waals surface area contributed by atoms with Gasteiger partial charge in [0.25, 0.3) is 0 Å². The lowest BCUT2D eigenvalue weighted by molar-refractivity contribution is 1.10. The summed E-state index contributed by atoms with van der Waals surface area (Å²) < 4.78 is 2.19. The molecule has 0 saturated carbocycles. The number of hydrogen-bond acceptors (Lipinski definition) is 2. The lowest BCUT2D eigenvalue weighted by atomic mass is 10.1. The Balaban J connectivity index is 2.06. The van der Waals surface area contributed by atoms with E-state index < -0.39 is 0 Å². The molecule has 1 aromatic heterocycles. The van der Waals surface area contributed by atoms with Crippen molar-refractivity contribution in [3.8, 4) is 17.1 Å². The zero-order chi connectivity index (χ0) is 15.8. The molecule has 1 heterocycles. The van der Waals surface area contributed by atoms with Gasteiger partial charge in [-0.05, 0) is 48.9 Å². The molecule has 4 rings (SSSR count). The summed E-state index contributed by atoms with van der Waals surface area (Å²) in [6, 6.07) is 24.5. The lowest BCUT2D eigenvalue weighted by Gasteiger charge is -2.10. The van der Waals surface area contributed by atoms with E-state index in [-0.39, 0.29) is 0 Å². The van der Waals surface area contributed by atoms with E-state index in [1.54, 1.807) is 0 Å². The maximum atomic E-state index is 5.97. The number of hydrogen-bond donors (Lipinski definition) is 1. The first-order chi connectivity index (χ1) is 11.2. The number of nitrogen functional groups attached to an aromatic ring is 1. The van der Waals surface area contributed by atoms with Gasteiger partial charge in [-0.1, -0.05) is 36.4 Å². The highest BCUT2D eigenvalue weighted by molar-refractivity contribution is 5.83. The van der Waals surface area contributed by atoms with Gasteiger partial charge < -0.3 is 5.73 Å². The maximum Gasteiger partial charge on any atom is 0.145 e. The Hall–Kier alpha value is -3.07. The van der Waals surface area contributed by atoms with E-state index >= 15 is 0 Å². The van der Waals surface area contributed by atoms with Crippen LogP contribution in [0.1, 0.15) is 5.56 Å². The highest BCUT2D eigenvalue weighted by Gasteiger charge is 2.14. The molecule has 0 fully saturated rings. The Kier molecular flexibility index (Phi) is 3.12. The Labute approximate surface area is 135 Å². The second-order valence-electron chi connectivity index (χ2n) is 5.72. The quantitative estimate of drug-likeness (QED) is 0.550. The standard InChI is InChI=1S/C20H17N3/c1-14-6-4-9-17(12-14)23-19-11-3-2-10-18(19)22-20(23)15-7-5-8-16(21)13-15/h2-13H,21H2,1H3. The molecule has 4 aromatic rings. The Morgan fingerprint density at radius 2 is 1.70 bits per heavy atom. The third-order valence-corrected chi connectivity index (χ3v) is 3.97. The van der Waals surface area contributed by atoms with Crippen LogP contribution in [0.3, 0.4) is 0 Å². The molecule has 0 aliphatic carbocycles. The van der Waals surface area contributed by atoms with Gasteiger partial charge in [0.1, 0.15) is 5.82 Å². The van der Waals surface area contributed by atoms with Gasteiger partial charge in [0.15, 0.2) is 0 Å². The largest absolute Gasteiger partial charge is 0.399 e. The van der Waals surface area contributed by atoms with Crippen LogP contribution in [0.4, 0.5) is 5.69 Å². The molecule has 0 radical (unpaired) electrons. The molecule has 0 aliphatic heterocycles. The van der Waals surface area contributed by atoms with Crippen molar-refractivity contribution in [2.75, 3.05) is 5.73 Å². The number of aryl methyl sites for hydroxylation is 1. The van der Waals surface area contributed by atoms with E-state index in [4.69, 9.17) is 10.7 Å². The van der Waals surface area contributed by atoms with Crippen molar-refractivity contribution in [2.45, 2.75) is 6.92 Å². The first kappa shape index (κ1) is 13.6. The second kappa shape index (κ2) is 5.29. The zero-order valence-corrected chi connectivity index (χ0v) is 12.9. The van der Waals surface area contributed by atoms with Gasteiger partial charge in [-0.15, -0.1) is 0 Å². The molecule has 3 nitrogen and oxygen atoms in total. The monoisotopic (exact) mass is 299 g/mol. The molecule has 3 aromatic carbocycles. The van der Waals surface area contributed by atoms with E-state index in [1.807, 2.05) is 42.5 Å². The normalized spacial score (nSPS) is 11.0. The molecule has 0 atom stereocenters. The van der Waals surface area contributed by atoms with Crippen LogP contribution in [-0.2, 0) is 0 Å². The number of nitrogens with zero attached hydrogens (tertiary/aromatic N) is 2. The lowest BCUT2D eigenvalue weighted by Crippen LogP contribution is -1.98. The van der Waals surface area contributed by atoms with E-state index in [1.165, 1.54) is 5.56 Å². The molecule has 0 spiro atoms. The summed E-state index contributed by atoms with van der Waals surface area (Å²) in [6.07, 6.45) is 0. The molecule has 3 heteroatoms. The third kappa shape index (κ3) is 2.36. The average molecular weight is 299 g/mol. The number of rotatable bonds is 2. The molecule has 0 aliphatic rings. The van der Waals surface area contributed by atoms with Gasteiger partial charge in [0, 0.05) is 16.9 Å². The van der Waals surface area contributed by atoms with E-state index in [0.29, 0.717) is 0 Å². The molecular weight excluding hydrogens is 282 g/mol. The SMILES string of the molecule is Cc1cccc(-n2c(-c3cccc(N)c3)nc3ccccc32)c1. The van der Waals surface area contributed by atoms with Crippen molar-refractivity contribution in [1.29, 1.82) is 0 Å². The molecular formula is C20H17N3. The van der Waals surface area contributed by atoms with Crippen LogP contribution < -0.4 is 5.73 Å². The summed E-state index contributed by atoms with van der Waals surface area (Å²) in [5.41, 5.74) is 12.1. The van der Waals surface area contributed by atoms with Gasteiger partial charge in [-0.3, -0.25) is 4.57 Å². The number of anilines is 1. The van der Waals surface area contributed by atoms with Crippen molar-refractivity contribution >= 4 is 16.7 Å². The number of nitrogens with two attached hydrogens (primary N) is 1. The van der Waals surface area contributed by atoms with Crippen LogP contribution >= 0.6 is 0 Å². The van der Waals surface area contributed by atoms with Crippen molar-refractivity contribution in [3.05, 3.63) is 78.4 Å². The van der Waals surface area contributed by atoms with Crippen LogP contribution in [-0.4, -0.2) is 9.55 Å². The van der Waals surface area contributed by atoms with Gasteiger partial charge in [0.2, 0.25) is 0 Å². The molecule has 0 unspecified atom stereocenters. The molecule has 112 valence electrons. The van der Waals surface area contributed by atoms with Crippen LogP contribution in [0.25, 0.3) is 28.1 Å². The van der Waals surface area contributed by atoms with Crippen LogP contribution in [0.5, 0.6) is 0 Å². The van der Waals surface area contributed by atoms with Crippen molar-refractivity contribution in [2.24, 2.45) is 0 Å². The van der Waals surface area contributed by atoms with Gasteiger partial charge >= 0.3 is 0 Å². The van der Waals surface area contributed by atoms with Gasteiger partial charge in [-0.25, -0.2) is 4.98 Å². The molecule has 0 saturated heterocycles. The molecule has 0 bridgehead atoms. The fraction of sp³-hybridized carbons (Fsp3) is 0.0500. The minimum atomic E-state index is 0.741. The first-order valence-corrected chi connectivity index (χ1v) is 7.63. The number of fused-ring (bicyclic) bond motifs is 1. The van der Waals surface area contributed by atoms with Crippen molar-refractivity contribution < 1.29 is 0 Å². The third-order valence-electron chi connectivity index (χ3n) is 3.97. The smallest absolute Gasteiger partial charge is 0.145 e. The minimum Gasteiger partial charge on any atom is -0.399 e. The fourth-order valence-corrected chi connectivity index (χ4v) is 2.93. The summed E-state index contributed by atoms with van der Waals surface area (Å²) >= 11 is 0. The van der Waals surface area contributed by atoms with Gasteiger partial charge in [0.05, 0.1) is 11.0 Å². The minimum absolute atomic E-state index is 0.741. The summed E-state index contributed by atoms with van der Waals surface area (Å²) in [5.74, 6) is 0.907. The Bertz CT molecular complexity index is 999. The van der Waals surface area contributed by atoms with Crippen LogP contribution in [0.15, 0.2) is 72.8 Å². The maximum absolute atomic E-state index is 5.97. The molecule has 23 heavy (non-hydrogen) atoms. The Morgan fingerprint density at radius 1 is 0.870 bits per heavy atom. The van der Waals surface area contributed by atoms with E-state index in [9.17, 15) is 0 Å². The zero-order valence-electron chi connectivity index (χ0n) is 12.9. The predicted molar refractivity (Wildman–Crippen MR) is 95.7 cm³/mol. The summed E-state index contributed by atoms with van der Waals surface area (Å²) in [4.78, 5) is 4.84. The number of benzene rings is 3. The first-order valence-electron chi connectivity index (χ1n) is 7.63. The second-order valence-corrected chi connectivity index (χ2v) is 5.72. The van der Waals surface area contributed by atoms with Crippen molar-refractivity contribution in [1.82, 2.24) is 9.55 Å². The Morgan fingerprint density at radius 3 is 2.52 bits per heavy atom. The number of para-hydroxylation sites is 2. The van der Waals surface area contributed by atoms with Crippen LogP contribution in [0.2, 0.25) is 0 Å². The molecule has 0 amide bonds. The van der Waals surface area contributed by atoms with Gasteiger partial charge in [-0.2, -0.15) is 0 Å².